The number of quaternary nitrogens is 2. The minimum Gasteiger partial charge on any atom is -1.00 e. The smallest absolute Gasteiger partial charge is 0.215 e. The third kappa shape index (κ3) is 5.66. The fraction of sp³-hybridized carbons (Fsp3) is 0.650. The van der Waals surface area contributed by atoms with Gasteiger partial charge in [0.15, 0.2) is 5.78 Å². The fourth-order valence-electron chi connectivity index (χ4n) is 3.75. The Hall–Kier alpha value is -0.660. The monoisotopic (exact) mass is 461 g/mol. The van der Waals surface area contributed by atoms with Crippen LogP contribution in [-0.2, 0) is 9.53 Å². The molecule has 0 radical (unpaired) electrons. The lowest BCUT2D eigenvalue weighted by Gasteiger charge is -2.33. The average Bonchev–Trinajstić information content (AvgIpc) is 2.84. The van der Waals surface area contributed by atoms with Gasteiger partial charge in [-0.2, -0.15) is 0 Å². The highest BCUT2D eigenvalue weighted by molar-refractivity contribution is 5.87. The highest BCUT2D eigenvalue weighted by Crippen LogP contribution is 2.33. The van der Waals surface area contributed by atoms with E-state index in [0.717, 1.165) is 12.8 Å². The molecule has 2 aliphatic rings. The fourth-order valence-corrected chi connectivity index (χ4v) is 3.75. The number of allylic oxidation sites excluding steroid dienone is 5. The summed E-state index contributed by atoms with van der Waals surface area (Å²) < 4.78 is 5.89. The normalized spacial score (nSPS) is 27.3. The highest BCUT2D eigenvalue weighted by atomic mass is 127. The highest BCUT2D eigenvalue weighted by Gasteiger charge is 2.41. The molecule has 4 nitrogen and oxygen atoms in total. The van der Waals surface area contributed by atoms with E-state index in [-0.39, 0.29) is 35.2 Å². The van der Waals surface area contributed by atoms with Crippen molar-refractivity contribution in [3.8, 4) is 0 Å². The number of nitrogens with one attached hydrogen (secondary N) is 2. The number of hydrogen-bond acceptors (Lipinski definition) is 2. The molecule has 25 heavy (non-hydrogen) atoms. The second kappa shape index (κ2) is 9.33. The summed E-state index contributed by atoms with van der Waals surface area (Å²) in [6.07, 6.45) is 9.22. The van der Waals surface area contributed by atoms with Crippen LogP contribution in [0, 0.1) is 5.41 Å². The summed E-state index contributed by atoms with van der Waals surface area (Å²) in [4.78, 5) is 14.4. The quantitative estimate of drug-likeness (QED) is 0.270. The SMILES string of the molecule is CC(=O)C=C(C)OCC(C)(C)C1=CCCC=C1[NH+]1CC[NH+](C)C1C.[I-]. The molecule has 142 valence electrons. The standard InChI is InChI=1S/C20H32N2O2.HI/c1-15(23)13-16(2)24-14-20(4,5)18-9-7-8-10-19(18)22-12-11-21(6)17(22)3;/h9-10,13,17H,7-8,11-12,14H2,1-6H3;1H/p+1. The van der Waals surface area contributed by atoms with E-state index < -0.39 is 0 Å². The van der Waals surface area contributed by atoms with Crippen LogP contribution >= 0.6 is 0 Å². The number of halogens is 1. The van der Waals surface area contributed by atoms with Crippen molar-refractivity contribution in [3.63, 3.8) is 0 Å². The number of carbonyl (C=O) groups excluding carboxylic acids is 1. The minimum absolute atomic E-state index is 0. The molecular formula is C20H34IN2O2+. The van der Waals surface area contributed by atoms with Crippen molar-refractivity contribution >= 4 is 5.78 Å². The van der Waals surface area contributed by atoms with E-state index in [2.05, 4.69) is 40.0 Å². The van der Waals surface area contributed by atoms with Crippen LogP contribution in [0.4, 0.5) is 0 Å². The minimum atomic E-state index is -0.0681. The van der Waals surface area contributed by atoms with Crippen molar-refractivity contribution in [3.05, 3.63) is 35.3 Å². The molecule has 1 aliphatic carbocycles. The van der Waals surface area contributed by atoms with Gasteiger partial charge >= 0.3 is 0 Å². The maximum atomic E-state index is 11.2. The summed E-state index contributed by atoms with van der Waals surface area (Å²) in [5.74, 6) is 0.729. The third-order valence-electron chi connectivity index (χ3n) is 5.35. The molecule has 1 saturated heterocycles. The molecule has 0 amide bonds. The van der Waals surface area contributed by atoms with Crippen LogP contribution in [-0.4, -0.2) is 38.7 Å². The average molecular weight is 461 g/mol. The van der Waals surface area contributed by atoms with Crippen LogP contribution < -0.4 is 33.8 Å². The number of ether oxygens (including phenoxy) is 1. The molecule has 1 aliphatic heterocycles. The summed E-state index contributed by atoms with van der Waals surface area (Å²) in [7, 11) is 2.29. The van der Waals surface area contributed by atoms with Gasteiger partial charge in [-0.1, -0.05) is 19.9 Å². The van der Waals surface area contributed by atoms with E-state index in [4.69, 9.17) is 4.74 Å². The van der Waals surface area contributed by atoms with Gasteiger partial charge in [0, 0.05) is 24.0 Å². The Labute approximate surface area is 170 Å². The molecule has 0 bridgehead atoms. The lowest BCUT2D eigenvalue weighted by atomic mass is 9.79. The molecule has 3 unspecified atom stereocenters. The molecule has 5 heteroatoms. The first-order valence-electron chi connectivity index (χ1n) is 9.13. The van der Waals surface area contributed by atoms with Crippen molar-refractivity contribution < 1.29 is 43.3 Å². The van der Waals surface area contributed by atoms with Crippen LogP contribution in [0.1, 0.15) is 47.5 Å². The van der Waals surface area contributed by atoms with E-state index >= 15 is 0 Å². The Morgan fingerprint density at radius 1 is 1.28 bits per heavy atom. The number of rotatable bonds is 6. The van der Waals surface area contributed by atoms with Crippen LogP contribution in [0.3, 0.4) is 0 Å². The van der Waals surface area contributed by atoms with Gasteiger partial charge in [-0.05, 0) is 32.8 Å². The van der Waals surface area contributed by atoms with E-state index in [1.165, 1.54) is 24.4 Å². The van der Waals surface area contributed by atoms with Crippen molar-refractivity contribution in [1.82, 2.24) is 0 Å². The maximum absolute atomic E-state index is 11.2. The molecule has 0 aromatic heterocycles. The Balaban J connectivity index is 0.00000312. The van der Waals surface area contributed by atoms with Gasteiger partial charge in [-0.15, -0.1) is 0 Å². The summed E-state index contributed by atoms with van der Waals surface area (Å²) >= 11 is 0. The zero-order valence-electron chi connectivity index (χ0n) is 16.5. The van der Waals surface area contributed by atoms with Gasteiger partial charge in [0.1, 0.15) is 18.8 Å². The van der Waals surface area contributed by atoms with Crippen LogP contribution in [0.15, 0.2) is 35.3 Å². The molecule has 3 atom stereocenters. The molecule has 0 aromatic carbocycles. The molecule has 2 rings (SSSR count). The van der Waals surface area contributed by atoms with Gasteiger partial charge in [-0.25, -0.2) is 4.90 Å². The van der Waals surface area contributed by atoms with E-state index in [1.54, 1.807) is 22.8 Å². The lowest BCUT2D eigenvalue weighted by molar-refractivity contribution is -1.03. The van der Waals surface area contributed by atoms with Crippen molar-refractivity contribution in [2.45, 2.75) is 53.6 Å². The largest absolute Gasteiger partial charge is 1.00 e. The zero-order valence-corrected chi connectivity index (χ0v) is 18.7. The Kier molecular flexibility index (Phi) is 8.35. The van der Waals surface area contributed by atoms with Crippen molar-refractivity contribution in [2.24, 2.45) is 5.41 Å². The summed E-state index contributed by atoms with van der Waals surface area (Å²) in [5.41, 5.74) is 2.81. The van der Waals surface area contributed by atoms with E-state index in [0.29, 0.717) is 18.5 Å². The number of likely N-dealkylation sites (N-methyl/N-ethyl adjacent to an activating group) is 1. The van der Waals surface area contributed by atoms with Gasteiger partial charge in [0.25, 0.3) is 0 Å². The van der Waals surface area contributed by atoms with Crippen LogP contribution in [0.5, 0.6) is 0 Å². The summed E-state index contributed by atoms with van der Waals surface area (Å²) in [5, 5.41) is 0. The van der Waals surface area contributed by atoms with Gasteiger partial charge < -0.3 is 28.7 Å². The van der Waals surface area contributed by atoms with Crippen LogP contribution in [0.2, 0.25) is 0 Å². The molecule has 1 heterocycles. The Morgan fingerprint density at radius 2 is 1.92 bits per heavy atom. The van der Waals surface area contributed by atoms with E-state index in [9.17, 15) is 4.79 Å². The first kappa shape index (κ1) is 22.4. The summed E-state index contributed by atoms with van der Waals surface area (Å²) in [6, 6.07) is 0. The van der Waals surface area contributed by atoms with Gasteiger partial charge in [0.2, 0.25) is 6.17 Å². The predicted molar refractivity (Wildman–Crippen MR) is 96.6 cm³/mol. The molecule has 0 saturated carbocycles. The predicted octanol–water partition coefficient (Wildman–Crippen LogP) is -2.11. The first-order chi connectivity index (χ1) is 11.2. The van der Waals surface area contributed by atoms with Gasteiger partial charge in [0.05, 0.1) is 19.4 Å². The second-order valence-corrected chi connectivity index (χ2v) is 7.94. The molecule has 1 fully saturated rings. The molecule has 0 aromatic rings. The maximum Gasteiger partial charge on any atom is 0.215 e. The second-order valence-electron chi connectivity index (χ2n) is 7.94. The van der Waals surface area contributed by atoms with Crippen LogP contribution in [0.25, 0.3) is 0 Å². The molecular weight excluding hydrogens is 427 g/mol. The zero-order chi connectivity index (χ0) is 17.9. The van der Waals surface area contributed by atoms with Gasteiger partial charge in [-0.3, -0.25) is 9.69 Å². The summed E-state index contributed by atoms with van der Waals surface area (Å²) in [6.45, 7) is 13.2. The number of ketones is 1. The Bertz CT molecular complexity index is 578. The Morgan fingerprint density at radius 3 is 2.48 bits per heavy atom. The third-order valence-corrected chi connectivity index (χ3v) is 5.35. The molecule has 0 spiro atoms. The topological polar surface area (TPSA) is 35.2 Å². The number of carbonyl (C=O) groups is 1. The van der Waals surface area contributed by atoms with Crippen molar-refractivity contribution in [2.75, 3.05) is 26.7 Å². The van der Waals surface area contributed by atoms with Crippen molar-refractivity contribution in [1.29, 1.82) is 0 Å². The lowest BCUT2D eigenvalue weighted by Crippen LogP contribution is -3.26. The first-order valence-corrected chi connectivity index (χ1v) is 9.13. The van der Waals surface area contributed by atoms with E-state index in [1.807, 2.05) is 6.92 Å². The number of hydrogen-bond donors (Lipinski definition) is 2. The molecule has 2 N–H and O–H groups in total.